The fourth-order valence-electron chi connectivity index (χ4n) is 4.85. The van der Waals surface area contributed by atoms with Crippen molar-refractivity contribution in [1.82, 2.24) is 24.6 Å². The highest BCUT2D eigenvalue weighted by Gasteiger charge is 2.34. The summed E-state index contributed by atoms with van der Waals surface area (Å²) in [5.74, 6) is 0.407. The first-order chi connectivity index (χ1) is 16.5. The van der Waals surface area contributed by atoms with Crippen LogP contribution in [0.4, 0.5) is 0 Å². The fraction of sp³-hybridized carbons (Fsp3) is 0.385. The van der Waals surface area contributed by atoms with Crippen LogP contribution in [0.15, 0.2) is 47.5 Å². The van der Waals surface area contributed by atoms with Crippen LogP contribution in [0.5, 0.6) is 0 Å². The van der Waals surface area contributed by atoms with E-state index >= 15 is 0 Å². The number of nitriles is 1. The molecule has 2 fully saturated rings. The van der Waals surface area contributed by atoms with Gasteiger partial charge in [0, 0.05) is 37.6 Å². The van der Waals surface area contributed by atoms with Gasteiger partial charge in [0.2, 0.25) is 0 Å². The Morgan fingerprint density at radius 3 is 2.68 bits per heavy atom. The molecule has 0 bridgehead atoms. The van der Waals surface area contributed by atoms with Gasteiger partial charge in [-0.15, -0.1) is 0 Å². The van der Waals surface area contributed by atoms with Gasteiger partial charge < -0.3 is 4.90 Å². The molecule has 1 saturated heterocycles. The van der Waals surface area contributed by atoms with Crippen molar-refractivity contribution in [1.29, 1.82) is 5.26 Å². The van der Waals surface area contributed by atoms with Crippen LogP contribution in [0.1, 0.15) is 47.2 Å². The molecule has 1 aliphatic heterocycles. The van der Waals surface area contributed by atoms with E-state index in [0.29, 0.717) is 34.6 Å². The second-order valence-corrected chi connectivity index (χ2v) is 9.32. The number of benzene rings is 1. The number of rotatable bonds is 5. The van der Waals surface area contributed by atoms with Gasteiger partial charge in [-0.05, 0) is 75.0 Å². The van der Waals surface area contributed by atoms with Crippen molar-refractivity contribution in [2.45, 2.75) is 44.7 Å². The minimum absolute atomic E-state index is 0.0133. The van der Waals surface area contributed by atoms with Crippen LogP contribution in [-0.4, -0.2) is 62.7 Å². The summed E-state index contributed by atoms with van der Waals surface area (Å²) in [5, 5.41) is 12.0. The number of aromatic nitrogens is 3. The third kappa shape index (κ3) is 4.15. The van der Waals surface area contributed by atoms with Crippen molar-refractivity contribution in [3.63, 3.8) is 0 Å². The molecular weight excluding hydrogens is 428 g/mol. The lowest BCUT2D eigenvalue weighted by Crippen LogP contribution is -2.49. The monoisotopic (exact) mass is 456 g/mol. The number of nitrogens with one attached hydrogen (secondary N) is 1. The summed E-state index contributed by atoms with van der Waals surface area (Å²) in [4.78, 5) is 34.9. The van der Waals surface area contributed by atoms with Gasteiger partial charge in [-0.1, -0.05) is 6.07 Å². The number of hydrogen-bond donors (Lipinski definition) is 1. The highest BCUT2D eigenvalue weighted by molar-refractivity contribution is 5.94. The number of likely N-dealkylation sites (tertiary alicyclic amines) is 1. The maximum Gasteiger partial charge on any atom is 0.280 e. The Bertz CT molecular complexity index is 1310. The molecule has 0 spiro atoms. The number of pyridine rings is 1. The summed E-state index contributed by atoms with van der Waals surface area (Å²) < 4.78 is 1.36. The SMILES string of the molecule is Cc1cc(C#N)ccc1-c1c[nH]n(-c2ccc(C(=O)N3CCCC(N(C)C4CC4)C3)cn2)c1=O. The predicted octanol–water partition coefficient (Wildman–Crippen LogP) is 3.11. The number of carbonyl (C=O) groups is 1. The second kappa shape index (κ2) is 8.92. The van der Waals surface area contributed by atoms with Crippen molar-refractivity contribution in [2.75, 3.05) is 20.1 Å². The Morgan fingerprint density at radius 2 is 2.00 bits per heavy atom. The molecule has 1 aromatic carbocycles. The molecule has 34 heavy (non-hydrogen) atoms. The van der Waals surface area contributed by atoms with Gasteiger partial charge in [0.1, 0.15) is 0 Å². The van der Waals surface area contributed by atoms with E-state index < -0.39 is 0 Å². The first kappa shape index (κ1) is 22.1. The van der Waals surface area contributed by atoms with Gasteiger partial charge in [-0.25, -0.2) is 9.67 Å². The number of aryl methyl sites for hydroxylation is 1. The molecule has 5 rings (SSSR count). The third-order valence-corrected chi connectivity index (χ3v) is 7.02. The standard InChI is InChI=1S/C26H28N6O2/c1-17-12-18(13-27)5-9-22(17)23-15-29-32(26(23)34)24-10-6-19(14-28-24)25(33)31-11-3-4-21(16-31)30(2)20-7-8-20/h5-6,9-10,12,14-15,20-21,29H,3-4,7-8,11,16H2,1-2H3. The van der Waals surface area contributed by atoms with Crippen LogP contribution in [0.2, 0.25) is 0 Å². The molecule has 174 valence electrons. The molecule has 1 N–H and O–H groups in total. The van der Waals surface area contributed by atoms with Crippen molar-refractivity contribution in [3.8, 4) is 23.0 Å². The predicted molar refractivity (Wildman–Crippen MR) is 129 cm³/mol. The smallest absolute Gasteiger partial charge is 0.280 e. The summed E-state index contributed by atoms with van der Waals surface area (Å²) in [7, 11) is 2.17. The average molecular weight is 457 g/mol. The first-order valence-corrected chi connectivity index (χ1v) is 11.8. The topological polar surface area (TPSA) is 98.0 Å². The summed E-state index contributed by atoms with van der Waals surface area (Å²) in [6, 6.07) is 11.9. The Morgan fingerprint density at radius 1 is 1.18 bits per heavy atom. The van der Waals surface area contributed by atoms with Crippen molar-refractivity contribution in [3.05, 3.63) is 69.8 Å². The van der Waals surface area contributed by atoms with Crippen LogP contribution in [0, 0.1) is 18.3 Å². The van der Waals surface area contributed by atoms with Crippen LogP contribution in [0.25, 0.3) is 16.9 Å². The van der Waals surface area contributed by atoms with Crippen LogP contribution in [-0.2, 0) is 0 Å². The molecule has 8 nitrogen and oxygen atoms in total. The van der Waals surface area contributed by atoms with E-state index in [1.54, 1.807) is 42.7 Å². The van der Waals surface area contributed by atoms with E-state index in [4.69, 9.17) is 5.26 Å². The Kier molecular flexibility index (Phi) is 5.80. The number of likely N-dealkylation sites (N-methyl/N-ethyl adjacent to an activating group) is 1. The lowest BCUT2D eigenvalue weighted by Gasteiger charge is -2.37. The summed E-state index contributed by atoms with van der Waals surface area (Å²) >= 11 is 0. The van der Waals surface area contributed by atoms with Crippen molar-refractivity contribution < 1.29 is 4.79 Å². The van der Waals surface area contributed by atoms with E-state index in [2.05, 4.69) is 28.1 Å². The zero-order valence-electron chi connectivity index (χ0n) is 19.5. The van der Waals surface area contributed by atoms with Crippen LogP contribution < -0.4 is 5.56 Å². The maximum atomic E-state index is 13.1. The average Bonchev–Trinajstić information content (AvgIpc) is 3.65. The molecule has 1 amide bonds. The number of piperidine rings is 1. The van der Waals surface area contributed by atoms with Gasteiger partial charge >= 0.3 is 0 Å². The molecule has 3 heterocycles. The normalized spacial score (nSPS) is 18.2. The molecule has 1 atom stereocenters. The molecular formula is C26H28N6O2. The Labute approximate surface area is 198 Å². The zero-order chi connectivity index (χ0) is 23.8. The minimum atomic E-state index is -0.235. The van der Waals surface area contributed by atoms with Crippen LogP contribution in [0.3, 0.4) is 0 Å². The number of aromatic amines is 1. The molecule has 3 aromatic rings. The summed E-state index contributed by atoms with van der Waals surface area (Å²) in [6.07, 6.45) is 7.85. The zero-order valence-corrected chi connectivity index (χ0v) is 19.5. The number of hydrogen-bond acceptors (Lipinski definition) is 5. The van der Waals surface area contributed by atoms with Gasteiger partial charge in [0.05, 0.1) is 22.8 Å². The number of nitrogens with zero attached hydrogens (tertiary/aromatic N) is 5. The highest BCUT2D eigenvalue weighted by Crippen LogP contribution is 2.30. The van der Waals surface area contributed by atoms with Gasteiger partial charge in [-0.2, -0.15) is 5.26 Å². The first-order valence-electron chi connectivity index (χ1n) is 11.8. The van der Waals surface area contributed by atoms with E-state index in [9.17, 15) is 9.59 Å². The van der Waals surface area contributed by atoms with E-state index in [0.717, 1.165) is 37.1 Å². The third-order valence-electron chi connectivity index (χ3n) is 7.02. The lowest BCUT2D eigenvalue weighted by molar-refractivity contribution is 0.0600. The lowest BCUT2D eigenvalue weighted by atomic mass is 10.0. The summed E-state index contributed by atoms with van der Waals surface area (Å²) in [6.45, 7) is 3.38. The Balaban J connectivity index is 1.33. The van der Waals surface area contributed by atoms with E-state index in [1.165, 1.54) is 17.5 Å². The molecule has 0 radical (unpaired) electrons. The minimum Gasteiger partial charge on any atom is -0.337 e. The largest absolute Gasteiger partial charge is 0.337 e. The molecule has 8 heteroatoms. The van der Waals surface area contributed by atoms with Crippen LogP contribution >= 0.6 is 0 Å². The van der Waals surface area contributed by atoms with E-state index in [1.807, 2.05) is 11.8 Å². The number of H-pyrrole nitrogens is 1. The fourth-order valence-corrected chi connectivity index (χ4v) is 4.85. The molecule has 1 saturated carbocycles. The van der Waals surface area contributed by atoms with Gasteiger partial charge in [0.25, 0.3) is 11.5 Å². The molecule has 2 aromatic heterocycles. The molecule has 1 aliphatic carbocycles. The van der Waals surface area contributed by atoms with Gasteiger partial charge in [-0.3, -0.25) is 19.6 Å². The molecule has 2 aliphatic rings. The number of carbonyl (C=O) groups excluding carboxylic acids is 1. The number of amides is 1. The highest BCUT2D eigenvalue weighted by atomic mass is 16.2. The Hall–Kier alpha value is -3.70. The van der Waals surface area contributed by atoms with Crippen molar-refractivity contribution in [2.24, 2.45) is 0 Å². The van der Waals surface area contributed by atoms with Crippen molar-refractivity contribution >= 4 is 5.91 Å². The second-order valence-electron chi connectivity index (χ2n) is 9.32. The maximum absolute atomic E-state index is 13.1. The quantitative estimate of drug-likeness (QED) is 0.636. The summed E-state index contributed by atoms with van der Waals surface area (Å²) in [5.41, 5.74) is 2.97. The van der Waals surface area contributed by atoms with Gasteiger partial charge in [0.15, 0.2) is 5.82 Å². The molecule has 1 unspecified atom stereocenters. The van der Waals surface area contributed by atoms with E-state index in [-0.39, 0.29) is 11.5 Å².